The number of carbonyl (C=O) groups is 1. The fourth-order valence-corrected chi connectivity index (χ4v) is 3.09. The Labute approximate surface area is 135 Å². The average molecular weight is 311 g/mol. The maximum Gasteiger partial charge on any atom is 0.250 e. The van der Waals surface area contributed by atoms with Crippen LogP contribution in [0.2, 0.25) is 0 Å². The second-order valence-electron chi connectivity index (χ2n) is 5.89. The van der Waals surface area contributed by atoms with Gasteiger partial charge in [0.15, 0.2) is 0 Å². The maximum absolute atomic E-state index is 12.0. The van der Waals surface area contributed by atoms with Gasteiger partial charge >= 0.3 is 0 Å². The van der Waals surface area contributed by atoms with E-state index >= 15 is 0 Å². The zero-order valence-electron chi connectivity index (χ0n) is 13.2. The summed E-state index contributed by atoms with van der Waals surface area (Å²) in [5.74, 6) is -0.140. The lowest BCUT2D eigenvalue weighted by Crippen LogP contribution is -2.39. The number of carbonyl (C=O) groups excluding carboxylic acids is 1. The summed E-state index contributed by atoms with van der Waals surface area (Å²) >= 11 is 0. The zero-order valence-corrected chi connectivity index (χ0v) is 13.2. The molecule has 0 bridgehead atoms. The van der Waals surface area contributed by atoms with Crippen LogP contribution in [0.4, 0.5) is 5.69 Å². The molecule has 1 N–H and O–H groups in total. The minimum absolute atomic E-state index is 0.0613. The van der Waals surface area contributed by atoms with Gasteiger partial charge in [-0.3, -0.25) is 9.59 Å². The number of fused-ring (bicyclic) bond motifs is 1. The molecule has 0 saturated carbocycles. The van der Waals surface area contributed by atoms with Gasteiger partial charge in [-0.15, -0.1) is 0 Å². The number of nitrogens with zero attached hydrogens (tertiary/aromatic N) is 2. The molecule has 0 fully saturated rings. The molecule has 120 valence electrons. The van der Waals surface area contributed by atoms with E-state index in [-0.39, 0.29) is 18.0 Å². The number of anilines is 1. The van der Waals surface area contributed by atoms with Crippen molar-refractivity contribution in [3.8, 4) is 0 Å². The minimum atomic E-state index is -0.162. The smallest absolute Gasteiger partial charge is 0.250 e. The summed E-state index contributed by atoms with van der Waals surface area (Å²) in [5, 5.41) is 2.90. The maximum atomic E-state index is 12.0. The number of nitrogens with one attached hydrogen (secondary N) is 1. The molecular formula is C18H21N3O2. The van der Waals surface area contributed by atoms with Crippen LogP contribution in [0.3, 0.4) is 0 Å². The van der Waals surface area contributed by atoms with E-state index in [9.17, 15) is 9.59 Å². The molecule has 0 saturated heterocycles. The first-order valence-corrected chi connectivity index (χ1v) is 7.92. The molecule has 0 spiro atoms. The molecule has 5 heteroatoms. The van der Waals surface area contributed by atoms with Crippen molar-refractivity contribution in [2.45, 2.75) is 25.9 Å². The Morgan fingerprint density at radius 1 is 1.22 bits per heavy atom. The fourth-order valence-electron chi connectivity index (χ4n) is 3.09. The van der Waals surface area contributed by atoms with E-state index in [1.165, 1.54) is 21.9 Å². The fraction of sp³-hybridized carbons (Fsp3) is 0.333. The van der Waals surface area contributed by atoms with Crippen LogP contribution in [0.15, 0.2) is 53.5 Å². The summed E-state index contributed by atoms with van der Waals surface area (Å²) in [6, 6.07) is 13.7. The number of pyridine rings is 1. The topological polar surface area (TPSA) is 54.3 Å². The molecule has 3 rings (SSSR count). The Hall–Kier alpha value is -2.56. The zero-order chi connectivity index (χ0) is 16.2. The molecule has 0 radical (unpaired) electrons. The van der Waals surface area contributed by atoms with Crippen molar-refractivity contribution in [3.05, 3.63) is 64.6 Å². The van der Waals surface area contributed by atoms with E-state index in [0.717, 1.165) is 13.0 Å². The minimum Gasteiger partial charge on any atom is -0.367 e. The van der Waals surface area contributed by atoms with Crippen LogP contribution in [0, 0.1) is 0 Å². The Morgan fingerprint density at radius 3 is 2.83 bits per heavy atom. The Bertz CT molecular complexity index is 754. The number of benzene rings is 1. The van der Waals surface area contributed by atoms with Crippen LogP contribution in [0.5, 0.6) is 0 Å². The molecule has 0 unspecified atom stereocenters. The number of amides is 1. The summed E-state index contributed by atoms with van der Waals surface area (Å²) < 4.78 is 1.41. The second kappa shape index (κ2) is 6.69. The van der Waals surface area contributed by atoms with Gasteiger partial charge in [0.05, 0.1) is 0 Å². The van der Waals surface area contributed by atoms with Crippen molar-refractivity contribution in [2.75, 3.05) is 18.0 Å². The van der Waals surface area contributed by atoms with E-state index in [1.54, 1.807) is 18.3 Å². The Balaban J connectivity index is 1.53. The van der Waals surface area contributed by atoms with Gasteiger partial charge in [-0.2, -0.15) is 0 Å². The summed E-state index contributed by atoms with van der Waals surface area (Å²) in [4.78, 5) is 25.9. The molecule has 0 aliphatic carbocycles. The largest absolute Gasteiger partial charge is 0.367 e. The SMILES string of the molecule is C[C@H]1Cc2ccccc2N1CCNC(=O)Cn1ccccc1=O. The van der Waals surface area contributed by atoms with Gasteiger partial charge in [0, 0.05) is 37.1 Å². The molecule has 1 aliphatic rings. The number of rotatable bonds is 5. The average Bonchev–Trinajstić information content (AvgIpc) is 2.86. The third kappa shape index (κ3) is 3.44. The lowest BCUT2D eigenvalue weighted by Gasteiger charge is -2.25. The van der Waals surface area contributed by atoms with Crippen LogP contribution in [-0.4, -0.2) is 29.6 Å². The number of aromatic nitrogens is 1. The van der Waals surface area contributed by atoms with Crippen LogP contribution in [0.25, 0.3) is 0 Å². The van der Waals surface area contributed by atoms with Crippen LogP contribution in [0.1, 0.15) is 12.5 Å². The standard InChI is InChI=1S/C18H21N3O2/c1-14-12-15-6-2-3-7-16(15)21(14)11-9-19-17(22)13-20-10-5-4-8-18(20)23/h2-8,10,14H,9,11-13H2,1H3,(H,19,22)/t14-/m0/s1. The highest BCUT2D eigenvalue weighted by molar-refractivity contribution is 5.75. The van der Waals surface area contributed by atoms with E-state index in [2.05, 4.69) is 35.3 Å². The van der Waals surface area contributed by atoms with Crippen molar-refractivity contribution in [2.24, 2.45) is 0 Å². The lowest BCUT2D eigenvalue weighted by molar-refractivity contribution is -0.121. The summed E-state index contributed by atoms with van der Waals surface area (Å²) in [7, 11) is 0. The van der Waals surface area contributed by atoms with Gasteiger partial charge in [-0.05, 0) is 31.0 Å². The molecule has 5 nitrogen and oxygen atoms in total. The van der Waals surface area contributed by atoms with Crippen LogP contribution >= 0.6 is 0 Å². The molecule has 1 atom stereocenters. The van der Waals surface area contributed by atoms with E-state index in [1.807, 2.05) is 6.07 Å². The lowest BCUT2D eigenvalue weighted by atomic mass is 10.1. The highest BCUT2D eigenvalue weighted by atomic mass is 16.2. The molecule has 23 heavy (non-hydrogen) atoms. The highest BCUT2D eigenvalue weighted by Gasteiger charge is 2.24. The molecule has 1 aromatic heterocycles. The molecule has 1 amide bonds. The van der Waals surface area contributed by atoms with Gasteiger partial charge in [0.2, 0.25) is 5.91 Å². The predicted octanol–water partition coefficient (Wildman–Crippen LogP) is 1.42. The predicted molar refractivity (Wildman–Crippen MR) is 90.7 cm³/mol. The normalized spacial score (nSPS) is 16.2. The molecular weight excluding hydrogens is 290 g/mol. The molecule has 2 heterocycles. The molecule has 2 aromatic rings. The summed E-state index contributed by atoms with van der Waals surface area (Å²) in [6.07, 6.45) is 2.67. The van der Waals surface area contributed by atoms with Crippen molar-refractivity contribution >= 4 is 11.6 Å². The number of para-hydroxylation sites is 1. The second-order valence-corrected chi connectivity index (χ2v) is 5.89. The van der Waals surface area contributed by atoms with Gasteiger partial charge in [-0.1, -0.05) is 24.3 Å². The quantitative estimate of drug-likeness (QED) is 0.908. The molecule has 1 aliphatic heterocycles. The first kappa shape index (κ1) is 15.3. The van der Waals surface area contributed by atoms with Crippen molar-refractivity contribution in [3.63, 3.8) is 0 Å². The van der Waals surface area contributed by atoms with E-state index in [4.69, 9.17) is 0 Å². The third-order valence-corrected chi connectivity index (χ3v) is 4.24. The number of hydrogen-bond acceptors (Lipinski definition) is 3. The van der Waals surface area contributed by atoms with Crippen LogP contribution < -0.4 is 15.8 Å². The van der Waals surface area contributed by atoms with Gasteiger partial charge in [-0.25, -0.2) is 0 Å². The first-order chi connectivity index (χ1) is 11.1. The summed E-state index contributed by atoms with van der Waals surface area (Å²) in [5.41, 5.74) is 2.46. The van der Waals surface area contributed by atoms with Crippen LogP contribution in [-0.2, 0) is 17.8 Å². The van der Waals surface area contributed by atoms with Crippen molar-refractivity contribution in [1.29, 1.82) is 0 Å². The first-order valence-electron chi connectivity index (χ1n) is 7.92. The number of hydrogen-bond donors (Lipinski definition) is 1. The van der Waals surface area contributed by atoms with Crippen molar-refractivity contribution in [1.82, 2.24) is 9.88 Å². The van der Waals surface area contributed by atoms with Gasteiger partial charge in [0.1, 0.15) is 6.54 Å². The Kier molecular flexibility index (Phi) is 4.46. The monoisotopic (exact) mass is 311 g/mol. The van der Waals surface area contributed by atoms with E-state index < -0.39 is 0 Å². The van der Waals surface area contributed by atoms with Gasteiger partial charge in [0.25, 0.3) is 5.56 Å². The Morgan fingerprint density at radius 2 is 2.00 bits per heavy atom. The third-order valence-electron chi connectivity index (χ3n) is 4.24. The van der Waals surface area contributed by atoms with E-state index in [0.29, 0.717) is 12.6 Å². The highest BCUT2D eigenvalue weighted by Crippen LogP contribution is 2.31. The molecule has 1 aromatic carbocycles. The van der Waals surface area contributed by atoms with Crippen molar-refractivity contribution < 1.29 is 4.79 Å². The van der Waals surface area contributed by atoms with Gasteiger partial charge < -0.3 is 14.8 Å². The summed E-state index contributed by atoms with van der Waals surface area (Å²) in [6.45, 7) is 3.60.